The van der Waals surface area contributed by atoms with E-state index in [4.69, 9.17) is 9.47 Å². The van der Waals surface area contributed by atoms with Gasteiger partial charge >= 0.3 is 5.97 Å². The van der Waals surface area contributed by atoms with Crippen molar-refractivity contribution in [1.82, 2.24) is 0 Å². The molecule has 4 nitrogen and oxygen atoms in total. The molecule has 0 saturated heterocycles. The minimum Gasteiger partial charge on any atom is -0.497 e. The second kappa shape index (κ2) is 10.8. The number of benzene rings is 3. The summed E-state index contributed by atoms with van der Waals surface area (Å²) in [7, 11) is 1.61. The molecule has 0 heterocycles. The second-order valence-electron chi connectivity index (χ2n) is 7.91. The third-order valence-corrected chi connectivity index (χ3v) is 6.08. The number of esters is 1. The number of carbonyl (C=O) groups is 2. The molecule has 0 amide bonds. The molecule has 0 radical (unpaired) electrons. The Balaban J connectivity index is 1.96. The number of carbonyl (C=O) groups excluding carboxylic acids is 2. The van der Waals surface area contributed by atoms with E-state index in [0.717, 1.165) is 11.3 Å². The van der Waals surface area contributed by atoms with E-state index in [1.54, 1.807) is 19.2 Å². The predicted octanol–water partition coefficient (Wildman–Crippen LogP) is 6.47. The van der Waals surface area contributed by atoms with Gasteiger partial charge in [-0.1, -0.05) is 74.5 Å². The highest BCUT2D eigenvalue weighted by Crippen LogP contribution is 2.37. The minimum absolute atomic E-state index is 0.0119. The first-order valence-corrected chi connectivity index (χ1v) is 11.0. The SMILES string of the molecule is CCC(CC)(CC(C(=O)c1ccccc1)c1ccc(OC)cc1)OC(=O)c1ccccc1. The highest BCUT2D eigenvalue weighted by atomic mass is 16.6. The van der Waals surface area contributed by atoms with Gasteiger partial charge in [-0.15, -0.1) is 0 Å². The van der Waals surface area contributed by atoms with Gasteiger partial charge in [0.15, 0.2) is 5.78 Å². The van der Waals surface area contributed by atoms with Crippen molar-refractivity contribution in [1.29, 1.82) is 0 Å². The molecule has 0 spiro atoms. The molecule has 0 N–H and O–H groups in total. The number of hydrogen-bond donors (Lipinski definition) is 0. The van der Waals surface area contributed by atoms with Gasteiger partial charge in [0.1, 0.15) is 11.4 Å². The fourth-order valence-electron chi connectivity index (χ4n) is 3.93. The lowest BCUT2D eigenvalue weighted by Crippen LogP contribution is -2.37. The Morgan fingerprint density at radius 3 is 1.81 bits per heavy atom. The molecular weight excluding hydrogens is 400 g/mol. The Bertz CT molecular complexity index is 1010. The highest BCUT2D eigenvalue weighted by molar-refractivity contribution is 6.01. The van der Waals surface area contributed by atoms with Crippen molar-refractivity contribution in [2.24, 2.45) is 0 Å². The summed E-state index contributed by atoms with van der Waals surface area (Å²) in [6.45, 7) is 4.00. The molecule has 3 aromatic carbocycles. The van der Waals surface area contributed by atoms with E-state index in [1.807, 2.05) is 86.6 Å². The molecule has 0 aliphatic carbocycles. The number of hydrogen-bond acceptors (Lipinski definition) is 4. The van der Waals surface area contributed by atoms with E-state index in [0.29, 0.717) is 30.4 Å². The first-order chi connectivity index (χ1) is 15.5. The van der Waals surface area contributed by atoms with Crippen molar-refractivity contribution in [3.63, 3.8) is 0 Å². The summed E-state index contributed by atoms with van der Waals surface area (Å²) in [4.78, 5) is 26.5. The van der Waals surface area contributed by atoms with Crippen LogP contribution in [-0.2, 0) is 4.74 Å². The van der Waals surface area contributed by atoms with Crippen LogP contribution < -0.4 is 4.74 Å². The van der Waals surface area contributed by atoms with Crippen molar-refractivity contribution in [2.75, 3.05) is 7.11 Å². The average Bonchev–Trinajstić information content (AvgIpc) is 2.87. The van der Waals surface area contributed by atoms with Crippen LogP contribution in [0, 0.1) is 0 Å². The molecule has 3 aromatic rings. The Morgan fingerprint density at radius 1 is 0.781 bits per heavy atom. The molecule has 0 aliphatic rings. The zero-order valence-corrected chi connectivity index (χ0v) is 18.9. The Labute approximate surface area is 190 Å². The van der Waals surface area contributed by atoms with Crippen LogP contribution in [0.5, 0.6) is 5.75 Å². The zero-order chi connectivity index (χ0) is 23.0. The molecule has 1 atom stereocenters. The molecule has 32 heavy (non-hydrogen) atoms. The van der Waals surface area contributed by atoms with Gasteiger partial charge in [0, 0.05) is 12.0 Å². The Morgan fingerprint density at radius 2 is 1.31 bits per heavy atom. The fourth-order valence-corrected chi connectivity index (χ4v) is 3.93. The number of Topliss-reactive ketones (excluding diaryl/α,β-unsaturated/α-hetero) is 1. The third kappa shape index (κ3) is 5.44. The van der Waals surface area contributed by atoms with Crippen molar-refractivity contribution in [2.45, 2.75) is 44.6 Å². The van der Waals surface area contributed by atoms with Gasteiger partial charge in [0.25, 0.3) is 0 Å². The van der Waals surface area contributed by atoms with Crippen LogP contribution >= 0.6 is 0 Å². The summed E-state index contributed by atoms with van der Waals surface area (Å²) in [6, 6.07) is 25.8. The zero-order valence-electron chi connectivity index (χ0n) is 18.9. The maximum atomic E-state index is 13.6. The van der Waals surface area contributed by atoms with E-state index in [1.165, 1.54) is 0 Å². The molecule has 1 unspecified atom stereocenters. The summed E-state index contributed by atoms with van der Waals surface area (Å²) in [5.74, 6) is -0.0769. The molecule has 0 aliphatic heterocycles. The summed E-state index contributed by atoms with van der Waals surface area (Å²) in [5.41, 5.74) is 1.27. The van der Waals surface area contributed by atoms with Crippen molar-refractivity contribution >= 4 is 11.8 Å². The van der Waals surface area contributed by atoms with Gasteiger partial charge in [-0.05, 0) is 42.7 Å². The van der Waals surface area contributed by atoms with E-state index in [-0.39, 0.29) is 11.8 Å². The van der Waals surface area contributed by atoms with Crippen LogP contribution in [0.2, 0.25) is 0 Å². The monoisotopic (exact) mass is 430 g/mol. The fraction of sp³-hybridized carbons (Fsp3) is 0.286. The largest absolute Gasteiger partial charge is 0.497 e. The first kappa shape index (κ1) is 23.3. The number of methoxy groups -OCH3 is 1. The average molecular weight is 431 g/mol. The molecule has 0 saturated carbocycles. The third-order valence-electron chi connectivity index (χ3n) is 6.08. The van der Waals surface area contributed by atoms with Gasteiger partial charge in [-0.25, -0.2) is 4.79 Å². The topological polar surface area (TPSA) is 52.6 Å². The van der Waals surface area contributed by atoms with E-state index in [2.05, 4.69) is 0 Å². The summed E-state index contributed by atoms with van der Waals surface area (Å²) in [5, 5.41) is 0. The predicted molar refractivity (Wildman–Crippen MR) is 126 cm³/mol. The van der Waals surface area contributed by atoms with E-state index in [9.17, 15) is 9.59 Å². The maximum Gasteiger partial charge on any atom is 0.338 e. The lowest BCUT2D eigenvalue weighted by Gasteiger charge is -2.35. The smallest absolute Gasteiger partial charge is 0.338 e. The number of rotatable bonds is 10. The normalized spacial score (nSPS) is 12.1. The number of ether oxygens (including phenoxy) is 2. The first-order valence-electron chi connectivity index (χ1n) is 11.0. The van der Waals surface area contributed by atoms with Crippen LogP contribution in [-0.4, -0.2) is 24.5 Å². The van der Waals surface area contributed by atoms with Crippen LogP contribution in [0.1, 0.15) is 65.3 Å². The van der Waals surface area contributed by atoms with Crippen LogP contribution in [0.15, 0.2) is 84.9 Å². The molecule has 0 bridgehead atoms. The molecule has 3 rings (SSSR count). The van der Waals surface area contributed by atoms with Crippen LogP contribution in [0.3, 0.4) is 0 Å². The molecule has 0 fully saturated rings. The molecule has 166 valence electrons. The van der Waals surface area contributed by atoms with Gasteiger partial charge in [0.05, 0.1) is 18.6 Å². The van der Waals surface area contributed by atoms with Crippen molar-refractivity contribution < 1.29 is 19.1 Å². The molecule has 4 heteroatoms. The van der Waals surface area contributed by atoms with Crippen molar-refractivity contribution in [3.05, 3.63) is 102 Å². The summed E-state index contributed by atoms with van der Waals surface area (Å²) < 4.78 is 11.4. The molecular formula is C28H30O4. The Hall–Kier alpha value is -3.40. The number of ketones is 1. The summed E-state index contributed by atoms with van der Waals surface area (Å²) in [6.07, 6.45) is 1.62. The standard InChI is InChI=1S/C28H30O4/c1-4-28(5-2,32-27(30)23-14-10-7-11-15-23)20-25(21-16-18-24(31-3)19-17-21)26(29)22-12-8-6-9-13-22/h6-19,25H,4-5,20H2,1-3H3. The lowest BCUT2D eigenvalue weighted by molar-refractivity contribution is -0.0300. The Kier molecular flexibility index (Phi) is 7.82. The van der Waals surface area contributed by atoms with Gasteiger partial charge in [-0.3, -0.25) is 4.79 Å². The van der Waals surface area contributed by atoms with Gasteiger partial charge in [0.2, 0.25) is 0 Å². The minimum atomic E-state index is -0.762. The molecule has 0 aromatic heterocycles. The van der Waals surface area contributed by atoms with E-state index >= 15 is 0 Å². The van der Waals surface area contributed by atoms with Gasteiger partial charge in [-0.2, -0.15) is 0 Å². The van der Waals surface area contributed by atoms with Crippen LogP contribution in [0.25, 0.3) is 0 Å². The second-order valence-corrected chi connectivity index (χ2v) is 7.91. The van der Waals surface area contributed by atoms with Crippen molar-refractivity contribution in [3.8, 4) is 5.75 Å². The van der Waals surface area contributed by atoms with Gasteiger partial charge < -0.3 is 9.47 Å². The van der Waals surface area contributed by atoms with E-state index < -0.39 is 11.5 Å². The summed E-state index contributed by atoms with van der Waals surface area (Å²) >= 11 is 0. The maximum absolute atomic E-state index is 13.6. The van der Waals surface area contributed by atoms with Crippen LogP contribution in [0.4, 0.5) is 0 Å². The lowest BCUT2D eigenvalue weighted by atomic mass is 9.79. The highest BCUT2D eigenvalue weighted by Gasteiger charge is 2.37. The quantitative estimate of drug-likeness (QED) is 0.273.